The molecule has 0 spiro atoms. The van der Waals surface area contributed by atoms with Crippen LogP contribution in [0.4, 0.5) is 0 Å². The molecule has 2 N–H and O–H groups in total. The van der Waals surface area contributed by atoms with Gasteiger partial charge in [-0.3, -0.25) is 0 Å². The molecule has 0 aliphatic carbocycles. The Hall–Kier alpha value is -0.160. The molecule has 0 aromatic heterocycles. The second kappa shape index (κ2) is 7.17. The summed E-state index contributed by atoms with van der Waals surface area (Å²) < 4.78 is 10.5. The van der Waals surface area contributed by atoms with Gasteiger partial charge in [0.2, 0.25) is 0 Å². The Kier molecular flexibility index (Phi) is 6.10. The highest BCUT2D eigenvalue weighted by molar-refractivity contribution is 4.71. The number of hydrogen-bond donors (Lipinski definition) is 2. The topological polar surface area (TPSA) is 50.7 Å². The summed E-state index contributed by atoms with van der Waals surface area (Å²) in [5, 5.41) is 12.2. The predicted octanol–water partition coefficient (Wildman–Crippen LogP) is 0.152. The Morgan fingerprint density at radius 2 is 2.43 bits per heavy atom. The van der Waals surface area contributed by atoms with Crippen LogP contribution in [0.5, 0.6) is 0 Å². The number of ether oxygens (including phenoxy) is 2. The van der Waals surface area contributed by atoms with Gasteiger partial charge in [0, 0.05) is 20.3 Å². The molecule has 4 heteroatoms. The zero-order valence-electron chi connectivity index (χ0n) is 8.87. The molecule has 0 aromatic rings. The van der Waals surface area contributed by atoms with Gasteiger partial charge in [0.05, 0.1) is 25.4 Å². The summed E-state index contributed by atoms with van der Waals surface area (Å²) in [4.78, 5) is 0. The fourth-order valence-corrected chi connectivity index (χ4v) is 1.64. The zero-order chi connectivity index (χ0) is 10.2. The third-order valence-corrected chi connectivity index (χ3v) is 2.50. The lowest BCUT2D eigenvalue weighted by atomic mass is 10.1. The summed E-state index contributed by atoms with van der Waals surface area (Å²) in [7, 11) is 1.64. The summed E-state index contributed by atoms with van der Waals surface area (Å²) in [5.74, 6) is 0. The van der Waals surface area contributed by atoms with Crippen molar-refractivity contribution < 1.29 is 14.6 Å². The minimum atomic E-state index is 0.0329. The van der Waals surface area contributed by atoms with Crippen LogP contribution in [0.15, 0.2) is 0 Å². The Morgan fingerprint density at radius 3 is 3.00 bits per heavy atom. The van der Waals surface area contributed by atoms with Crippen LogP contribution in [0, 0.1) is 0 Å². The molecule has 1 rings (SSSR count). The minimum Gasteiger partial charge on any atom is -0.395 e. The number of rotatable bonds is 6. The molecule has 0 saturated carbocycles. The Labute approximate surface area is 85.6 Å². The van der Waals surface area contributed by atoms with Gasteiger partial charge in [-0.1, -0.05) is 0 Å². The second-order valence-electron chi connectivity index (χ2n) is 3.73. The van der Waals surface area contributed by atoms with Gasteiger partial charge < -0.3 is 19.9 Å². The van der Waals surface area contributed by atoms with E-state index in [1.807, 2.05) is 0 Å². The highest BCUT2D eigenvalue weighted by Crippen LogP contribution is 2.11. The van der Waals surface area contributed by atoms with Crippen molar-refractivity contribution >= 4 is 0 Å². The maximum atomic E-state index is 9.00. The van der Waals surface area contributed by atoms with Crippen molar-refractivity contribution in [3.63, 3.8) is 0 Å². The van der Waals surface area contributed by atoms with E-state index in [2.05, 4.69) is 5.32 Å². The molecule has 0 amide bonds. The van der Waals surface area contributed by atoms with E-state index in [1.165, 1.54) is 12.8 Å². The van der Waals surface area contributed by atoms with Crippen LogP contribution in [0.2, 0.25) is 0 Å². The van der Waals surface area contributed by atoms with E-state index in [0.717, 1.165) is 19.6 Å². The van der Waals surface area contributed by atoms with Crippen molar-refractivity contribution in [3.05, 3.63) is 0 Å². The van der Waals surface area contributed by atoms with Crippen molar-refractivity contribution in [2.24, 2.45) is 0 Å². The first-order chi connectivity index (χ1) is 6.86. The van der Waals surface area contributed by atoms with E-state index >= 15 is 0 Å². The van der Waals surface area contributed by atoms with Crippen molar-refractivity contribution in [3.8, 4) is 0 Å². The van der Waals surface area contributed by atoms with E-state index in [-0.39, 0.29) is 12.6 Å². The van der Waals surface area contributed by atoms with Crippen LogP contribution >= 0.6 is 0 Å². The molecule has 1 heterocycles. The monoisotopic (exact) mass is 203 g/mol. The predicted molar refractivity (Wildman–Crippen MR) is 54.3 cm³/mol. The average Bonchev–Trinajstić information content (AvgIpc) is 2.25. The molecule has 1 aliphatic rings. The molecule has 2 unspecified atom stereocenters. The summed E-state index contributed by atoms with van der Waals surface area (Å²) in [6, 6.07) is 0.0329. The second-order valence-corrected chi connectivity index (χ2v) is 3.73. The molecule has 2 atom stereocenters. The third-order valence-electron chi connectivity index (χ3n) is 2.50. The smallest absolute Gasteiger partial charge is 0.0699 e. The van der Waals surface area contributed by atoms with Gasteiger partial charge in [-0.15, -0.1) is 0 Å². The largest absolute Gasteiger partial charge is 0.395 e. The van der Waals surface area contributed by atoms with Crippen LogP contribution < -0.4 is 5.32 Å². The van der Waals surface area contributed by atoms with Crippen molar-refractivity contribution in [2.75, 3.05) is 33.5 Å². The van der Waals surface area contributed by atoms with Crippen LogP contribution in [0.1, 0.15) is 19.3 Å². The van der Waals surface area contributed by atoms with E-state index in [1.54, 1.807) is 7.11 Å². The maximum absolute atomic E-state index is 9.00. The Balaban J connectivity index is 2.10. The Morgan fingerprint density at radius 1 is 1.57 bits per heavy atom. The average molecular weight is 203 g/mol. The lowest BCUT2D eigenvalue weighted by Crippen LogP contribution is -2.42. The summed E-state index contributed by atoms with van der Waals surface area (Å²) in [6.07, 6.45) is 3.87. The molecular weight excluding hydrogens is 182 g/mol. The molecule has 1 saturated heterocycles. The van der Waals surface area contributed by atoms with E-state index in [9.17, 15) is 0 Å². The van der Waals surface area contributed by atoms with Gasteiger partial charge in [-0.05, 0) is 19.3 Å². The van der Waals surface area contributed by atoms with Crippen LogP contribution in [0.25, 0.3) is 0 Å². The number of aliphatic hydroxyl groups excluding tert-OH is 1. The minimum absolute atomic E-state index is 0.0329. The van der Waals surface area contributed by atoms with Crippen LogP contribution in [-0.4, -0.2) is 50.7 Å². The van der Waals surface area contributed by atoms with Crippen LogP contribution in [-0.2, 0) is 9.47 Å². The van der Waals surface area contributed by atoms with E-state index in [0.29, 0.717) is 12.7 Å². The first-order valence-corrected chi connectivity index (χ1v) is 5.31. The van der Waals surface area contributed by atoms with Gasteiger partial charge in [0.15, 0.2) is 0 Å². The zero-order valence-corrected chi connectivity index (χ0v) is 8.87. The normalized spacial score (nSPS) is 24.9. The molecule has 0 bridgehead atoms. The van der Waals surface area contributed by atoms with E-state index in [4.69, 9.17) is 14.6 Å². The van der Waals surface area contributed by atoms with Gasteiger partial charge in [-0.25, -0.2) is 0 Å². The summed E-state index contributed by atoms with van der Waals surface area (Å²) >= 11 is 0. The molecular formula is C10H21NO3. The quantitative estimate of drug-likeness (QED) is 0.645. The first kappa shape index (κ1) is 11.9. The molecule has 1 aliphatic heterocycles. The maximum Gasteiger partial charge on any atom is 0.0699 e. The lowest BCUT2D eigenvalue weighted by Gasteiger charge is -2.25. The number of methoxy groups -OCH3 is 1. The highest BCUT2D eigenvalue weighted by Gasteiger charge is 2.15. The van der Waals surface area contributed by atoms with Gasteiger partial charge in [0.1, 0.15) is 0 Å². The first-order valence-electron chi connectivity index (χ1n) is 5.31. The number of hydrogen-bond acceptors (Lipinski definition) is 4. The third kappa shape index (κ3) is 4.37. The summed E-state index contributed by atoms with van der Waals surface area (Å²) in [6.45, 7) is 2.35. The lowest BCUT2D eigenvalue weighted by molar-refractivity contribution is 0.0115. The van der Waals surface area contributed by atoms with Gasteiger partial charge >= 0.3 is 0 Å². The fraction of sp³-hybridized carbons (Fsp3) is 1.00. The fourth-order valence-electron chi connectivity index (χ4n) is 1.64. The standard InChI is InChI=1S/C10H21NO3/c1-13-8-9(7-12)11-6-10-4-2-3-5-14-10/h9-12H,2-8H2,1H3. The van der Waals surface area contributed by atoms with Gasteiger partial charge in [-0.2, -0.15) is 0 Å². The van der Waals surface area contributed by atoms with Crippen molar-refractivity contribution in [1.82, 2.24) is 5.32 Å². The highest BCUT2D eigenvalue weighted by atomic mass is 16.5. The molecule has 1 fully saturated rings. The molecule has 14 heavy (non-hydrogen) atoms. The Bertz CT molecular complexity index is 133. The molecule has 84 valence electrons. The van der Waals surface area contributed by atoms with E-state index < -0.39 is 0 Å². The van der Waals surface area contributed by atoms with Crippen LogP contribution in [0.3, 0.4) is 0 Å². The molecule has 4 nitrogen and oxygen atoms in total. The molecule has 0 radical (unpaired) electrons. The number of aliphatic hydroxyl groups is 1. The van der Waals surface area contributed by atoms with Crippen molar-refractivity contribution in [2.45, 2.75) is 31.4 Å². The molecule has 0 aromatic carbocycles. The van der Waals surface area contributed by atoms with Crippen molar-refractivity contribution in [1.29, 1.82) is 0 Å². The summed E-state index contributed by atoms with van der Waals surface area (Å²) in [5.41, 5.74) is 0. The SMILES string of the molecule is COCC(CO)NCC1CCCCO1. The number of nitrogens with one attached hydrogen (secondary N) is 1. The van der Waals surface area contributed by atoms with Gasteiger partial charge in [0.25, 0.3) is 0 Å².